The summed E-state index contributed by atoms with van der Waals surface area (Å²) >= 11 is 0. The molecule has 1 heterocycles. The second-order valence-electron chi connectivity index (χ2n) is 5.48. The van der Waals surface area contributed by atoms with E-state index in [0.717, 1.165) is 19.4 Å². The Morgan fingerprint density at radius 2 is 1.89 bits per heavy atom. The third-order valence-corrected chi connectivity index (χ3v) is 3.77. The molecule has 0 aliphatic carbocycles. The summed E-state index contributed by atoms with van der Waals surface area (Å²) in [6.45, 7) is 3.36. The molecule has 1 aromatic carbocycles. The summed E-state index contributed by atoms with van der Waals surface area (Å²) in [5.41, 5.74) is 7.56. The molecule has 4 heteroatoms. The SMILES string of the molecule is CN(Cc1ccccc1CN)CC1(O)CCOCC1. The van der Waals surface area contributed by atoms with E-state index < -0.39 is 5.60 Å². The standard InChI is InChI=1S/C15H24N2O2/c1-17(12-15(18)6-8-19-9-7-15)11-14-5-3-2-4-13(14)10-16/h2-5,18H,6-12,16H2,1H3. The Morgan fingerprint density at radius 3 is 2.53 bits per heavy atom. The van der Waals surface area contributed by atoms with Gasteiger partial charge < -0.3 is 15.6 Å². The molecule has 0 amide bonds. The molecule has 1 aliphatic heterocycles. The van der Waals surface area contributed by atoms with E-state index in [1.165, 1.54) is 11.1 Å². The monoisotopic (exact) mass is 264 g/mol. The number of likely N-dealkylation sites (N-methyl/N-ethyl adjacent to an activating group) is 1. The molecule has 0 spiro atoms. The highest BCUT2D eigenvalue weighted by Crippen LogP contribution is 2.22. The molecule has 2 rings (SSSR count). The van der Waals surface area contributed by atoms with E-state index in [2.05, 4.69) is 17.0 Å². The molecule has 0 aromatic heterocycles. The van der Waals surface area contributed by atoms with Crippen molar-refractivity contribution in [3.8, 4) is 0 Å². The van der Waals surface area contributed by atoms with E-state index in [0.29, 0.717) is 26.3 Å². The van der Waals surface area contributed by atoms with Gasteiger partial charge in [-0.05, 0) is 18.2 Å². The molecular formula is C15H24N2O2. The third-order valence-electron chi connectivity index (χ3n) is 3.77. The summed E-state index contributed by atoms with van der Waals surface area (Å²) in [6.07, 6.45) is 1.44. The molecule has 0 unspecified atom stereocenters. The zero-order chi connectivity index (χ0) is 13.7. The van der Waals surface area contributed by atoms with Crippen molar-refractivity contribution in [1.29, 1.82) is 0 Å². The quantitative estimate of drug-likeness (QED) is 0.836. The van der Waals surface area contributed by atoms with Crippen LogP contribution >= 0.6 is 0 Å². The Labute approximate surface area is 115 Å². The number of benzene rings is 1. The molecular weight excluding hydrogens is 240 g/mol. The average molecular weight is 264 g/mol. The van der Waals surface area contributed by atoms with Gasteiger partial charge in [0.05, 0.1) is 5.60 Å². The number of nitrogens with zero attached hydrogens (tertiary/aromatic N) is 1. The van der Waals surface area contributed by atoms with Crippen LogP contribution in [0, 0.1) is 0 Å². The number of aliphatic hydroxyl groups is 1. The van der Waals surface area contributed by atoms with Crippen molar-refractivity contribution in [2.45, 2.75) is 31.5 Å². The summed E-state index contributed by atoms with van der Waals surface area (Å²) in [5.74, 6) is 0. The zero-order valence-corrected chi connectivity index (χ0v) is 11.6. The lowest BCUT2D eigenvalue weighted by Crippen LogP contribution is -2.45. The molecule has 0 radical (unpaired) electrons. The van der Waals surface area contributed by atoms with Crippen LogP contribution in [0.3, 0.4) is 0 Å². The first kappa shape index (κ1) is 14.5. The van der Waals surface area contributed by atoms with E-state index in [9.17, 15) is 5.11 Å². The smallest absolute Gasteiger partial charge is 0.0817 e. The Bertz CT molecular complexity index is 403. The maximum absolute atomic E-state index is 10.5. The summed E-state index contributed by atoms with van der Waals surface area (Å²) in [5, 5.41) is 10.5. The lowest BCUT2D eigenvalue weighted by Gasteiger charge is -2.35. The number of hydrogen-bond acceptors (Lipinski definition) is 4. The summed E-state index contributed by atoms with van der Waals surface area (Å²) < 4.78 is 5.31. The van der Waals surface area contributed by atoms with Gasteiger partial charge in [0.15, 0.2) is 0 Å². The topological polar surface area (TPSA) is 58.7 Å². The summed E-state index contributed by atoms with van der Waals surface area (Å²) in [6, 6.07) is 8.21. The van der Waals surface area contributed by atoms with E-state index in [-0.39, 0.29) is 0 Å². The van der Waals surface area contributed by atoms with Gasteiger partial charge in [0.1, 0.15) is 0 Å². The van der Waals surface area contributed by atoms with Crippen LogP contribution in [0.2, 0.25) is 0 Å². The normalized spacial score (nSPS) is 18.7. The molecule has 106 valence electrons. The number of ether oxygens (including phenoxy) is 1. The minimum absolute atomic E-state index is 0.558. The van der Waals surface area contributed by atoms with E-state index in [1.54, 1.807) is 0 Å². The highest BCUT2D eigenvalue weighted by Gasteiger charge is 2.30. The molecule has 0 bridgehead atoms. The molecule has 1 fully saturated rings. The third kappa shape index (κ3) is 4.01. The zero-order valence-electron chi connectivity index (χ0n) is 11.6. The Kier molecular flexibility index (Phi) is 4.93. The van der Waals surface area contributed by atoms with Crippen LogP contribution in [0.4, 0.5) is 0 Å². The fraction of sp³-hybridized carbons (Fsp3) is 0.600. The van der Waals surface area contributed by atoms with Crippen molar-refractivity contribution in [3.05, 3.63) is 35.4 Å². The number of nitrogens with two attached hydrogens (primary N) is 1. The van der Waals surface area contributed by atoms with Gasteiger partial charge in [-0.2, -0.15) is 0 Å². The maximum Gasteiger partial charge on any atom is 0.0817 e. The first-order valence-corrected chi connectivity index (χ1v) is 6.88. The maximum atomic E-state index is 10.5. The van der Waals surface area contributed by atoms with Crippen LogP contribution in [0.1, 0.15) is 24.0 Å². The molecule has 4 nitrogen and oxygen atoms in total. The highest BCUT2D eigenvalue weighted by molar-refractivity contribution is 5.26. The first-order chi connectivity index (χ1) is 9.13. The van der Waals surface area contributed by atoms with Gasteiger partial charge in [-0.25, -0.2) is 0 Å². The van der Waals surface area contributed by atoms with Gasteiger partial charge >= 0.3 is 0 Å². The van der Waals surface area contributed by atoms with Gasteiger partial charge in [0, 0.05) is 45.7 Å². The Morgan fingerprint density at radius 1 is 1.26 bits per heavy atom. The second kappa shape index (κ2) is 6.48. The largest absolute Gasteiger partial charge is 0.388 e. The molecule has 0 saturated carbocycles. The minimum atomic E-state index is -0.606. The van der Waals surface area contributed by atoms with Crippen molar-refractivity contribution in [3.63, 3.8) is 0 Å². The molecule has 1 saturated heterocycles. The van der Waals surface area contributed by atoms with Gasteiger partial charge in [0.2, 0.25) is 0 Å². The summed E-state index contributed by atoms with van der Waals surface area (Å²) in [7, 11) is 2.04. The van der Waals surface area contributed by atoms with E-state index in [4.69, 9.17) is 10.5 Å². The van der Waals surface area contributed by atoms with Crippen molar-refractivity contribution < 1.29 is 9.84 Å². The van der Waals surface area contributed by atoms with Gasteiger partial charge in [-0.3, -0.25) is 4.90 Å². The van der Waals surface area contributed by atoms with Crippen molar-refractivity contribution >= 4 is 0 Å². The van der Waals surface area contributed by atoms with Gasteiger partial charge in [-0.15, -0.1) is 0 Å². The van der Waals surface area contributed by atoms with Gasteiger partial charge in [-0.1, -0.05) is 24.3 Å². The lowest BCUT2D eigenvalue weighted by atomic mass is 9.93. The molecule has 1 aromatic rings. The van der Waals surface area contributed by atoms with Crippen LogP contribution < -0.4 is 5.73 Å². The average Bonchev–Trinajstić information content (AvgIpc) is 2.39. The van der Waals surface area contributed by atoms with Crippen LogP contribution in [0.15, 0.2) is 24.3 Å². The molecule has 1 aliphatic rings. The Hall–Kier alpha value is -0.940. The molecule has 3 N–H and O–H groups in total. The van der Waals surface area contributed by atoms with Crippen LogP contribution in [-0.2, 0) is 17.8 Å². The van der Waals surface area contributed by atoms with E-state index in [1.807, 2.05) is 19.2 Å². The lowest BCUT2D eigenvalue weighted by molar-refractivity contribution is -0.0777. The van der Waals surface area contributed by atoms with Gasteiger partial charge in [0.25, 0.3) is 0 Å². The first-order valence-electron chi connectivity index (χ1n) is 6.88. The molecule has 19 heavy (non-hydrogen) atoms. The predicted octanol–water partition coefficient (Wildman–Crippen LogP) is 1.12. The fourth-order valence-electron chi connectivity index (χ4n) is 2.67. The highest BCUT2D eigenvalue weighted by atomic mass is 16.5. The fourth-order valence-corrected chi connectivity index (χ4v) is 2.67. The van der Waals surface area contributed by atoms with Crippen molar-refractivity contribution in [2.75, 3.05) is 26.8 Å². The minimum Gasteiger partial charge on any atom is -0.388 e. The summed E-state index contributed by atoms with van der Waals surface area (Å²) in [4.78, 5) is 2.17. The Balaban J connectivity index is 1.95. The number of hydrogen-bond donors (Lipinski definition) is 2. The van der Waals surface area contributed by atoms with Crippen LogP contribution in [-0.4, -0.2) is 42.4 Å². The predicted molar refractivity (Wildman–Crippen MR) is 75.7 cm³/mol. The molecule has 0 atom stereocenters. The van der Waals surface area contributed by atoms with Crippen molar-refractivity contribution in [1.82, 2.24) is 4.90 Å². The second-order valence-corrected chi connectivity index (χ2v) is 5.48. The van der Waals surface area contributed by atoms with Crippen LogP contribution in [0.25, 0.3) is 0 Å². The van der Waals surface area contributed by atoms with Crippen LogP contribution in [0.5, 0.6) is 0 Å². The number of rotatable bonds is 5. The van der Waals surface area contributed by atoms with E-state index >= 15 is 0 Å². The van der Waals surface area contributed by atoms with Crippen molar-refractivity contribution in [2.24, 2.45) is 5.73 Å².